The zero-order valence-corrected chi connectivity index (χ0v) is 9.36. The van der Waals surface area contributed by atoms with Gasteiger partial charge in [0.25, 0.3) is 0 Å². The Balaban J connectivity index is 3.27. The number of halogens is 4. The lowest BCUT2D eigenvalue weighted by molar-refractivity contribution is -0.207. The van der Waals surface area contributed by atoms with Crippen molar-refractivity contribution in [2.24, 2.45) is 0 Å². The summed E-state index contributed by atoms with van der Waals surface area (Å²) in [5.41, 5.74) is 0.197. The number of ether oxygens (including phenoxy) is 1. The van der Waals surface area contributed by atoms with Gasteiger partial charge in [0.1, 0.15) is 5.75 Å². The second-order valence-corrected chi connectivity index (χ2v) is 3.69. The molecule has 1 atom stereocenters. The maximum Gasteiger partial charge on any atom is 0.418 e. The van der Waals surface area contributed by atoms with Crippen LogP contribution >= 0.6 is 11.6 Å². The highest BCUT2D eigenvalue weighted by Crippen LogP contribution is 2.39. The van der Waals surface area contributed by atoms with Crippen LogP contribution in [-0.2, 0) is 0 Å². The fraction of sp³-hybridized carbons (Fsp3) is 0.400. The van der Waals surface area contributed by atoms with Crippen molar-refractivity contribution in [2.75, 3.05) is 7.11 Å². The number of rotatable bonds is 2. The average Bonchev–Trinajstić information content (AvgIpc) is 2.19. The van der Waals surface area contributed by atoms with Gasteiger partial charge in [-0.15, -0.1) is 0 Å². The SMILES string of the molecule is COc1cc(C)c(Cl)cc1C(O)C(F)(F)F. The van der Waals surface area contributed by atoms with E-state index in [0.717, 1.165) is 6.07 Å². The Hall–Kier alpha value is -0.940. The minimum Gasteiger partial charge on any atom is -0.496 e. The molecule has 0 aromatic heterocycles. The van der Waals surface area contributed by atoms with Gasteiger partial charge in [0.2, 0.25) is 0 Å². The van der Waals surface area contributed by atoms with Crippen LogP contribution in [0.3, 0.4) is 0 Å². The number of aliphatic hydroxyl groups is 1. The molecule has 0 bridgehead atoms. The second-order valence-electron chi connectivity index (χ2n) is 3.29. The normalized spacial score (nSPS) is 13.7. The van der Waals surface area contributed by atoms with Crippen LogP contribution in [0.2, 0.25) is 5.02 Å². The van der Waals surface area contributed by atoms with Gasteiger partial charge in [-0.2, -0.15) is 13.2 Å². The minimum atomic E-state index is -4.74. The molecule has 16 heavy (non-hydrogen) atoms. The highest BCUT2D eigenvalue weighted by atomic mass is 35.5. The Morgan fingerprint density at radius 1 is 1.38 bits per heavy atom. The molecule has 6 heteroatoms. The van der Waals surface area contributed by atoms with E-state index in [1.165, 1.54) is 13.2 Å². The smallest absolute Gasteiger partial charge is 0.418 e. The Labute approximate surface area is 95.6 Å². The van der Waals surface area contributed by atoms with E-state index < -0.39 is 12.3 Å². The van der Waals surface area contributed by atoms with Crippen molar-refractivity contribution in [1.29, 1.82) is 0 Å². The van der Waals surface area contributed by atoms with Crippen molar-refractivity contribution in [1.82, 2.24) is 0 Å². The van der Waals surface area contributed by atoms with Gasteiger partial charge >= 0.3 is 6.18 Å². The van der Waals surface area contributed by atoms with E-state index in [1.807, 2.05) is 0 Å². The molecule has 0 fully saturated rings. The Morgan fingerprint density at radius 3 is 2.38 bits per heavy atom. The van der Waals surface area contributed by atoms with Crippen LogP contribution in [0.1, 0.15) is 17.2 Å². The molecule has 0 radical (unpaired) electrons. The molecule has 0 amide bonds. The summed E-state index contributed by atoms with van der Waals surface area (Å²) in [4.78, 5) is 0. The summed E-state index contributed by atoms with van der Waals surface area (Å²) in [6, 6.07) is 2.42. The monoisotopic (exact) mass is 254 g/mol. The fourth-order valence-electron chi connectivity index (χ4n) is 1.24. The molecule has 0 saturated heterocycles. The first-order valence-electron chi connectivity index (χ1n) is 4.36. The average molecular weight is 255 g/mol. The first-order chi connectivity index (χ1) is 7.27. The fourth-order valence-corrected chi connectivity index (χ4v) is 1.41. The van der Waals surface area contributed by atoms with E-state index in [0.29, 0.717) is 5.56 Å². The zero-order valence-electron chi connectivity index (χ0n) is 8.60. The molecule has 1 aromatic rings. The molecule has 0 heterocycles. The van der Waals surface area contributed by atoms with Crippen LogP contribution in [0, 0.1) is 6.92 Å². The minimum absolute atomic E-state index is 0.0354. The summed E-state index contributed by atoms with van der Waals surface area (Å²) in [6.45, 7) is 1.63. The first-order valence-corrected chi connectivity index (χ1v) is 4.74. The van der Waals surface area contributed by atoms with Gasteiger partial charge in [0.15, 0.2) is 6.10 Å². The molecule has 1 rings (SSSR count). The van der Waals surface area contributed by atoms with E-state index in [2.05, 4.69) is 0 Å². The highest BCUT2D eigenvalue weighted by molar-refractivity contribution is 6.31. The van der Waals surface area contributed by atoms with Gasteiger partial charge in [-0.25, -0.2) is 0 Å². The summed E-state index contributed by atoms with van der Waals surface area (Å²) >= 11 is 5.70. The summed E-state index contributed by atoms with van der Waals surface area (Å²) in [7, 11) is 1.23. The molecule has 90 valence electrons. The molecule has 1 unspecified atom stereocenters. The van der Waals surface area contributed by atoms with Gasteiger partial charge in [-0.05, 0) is 24.6 Å². The first kappa shape index (κ1) is 13.1. The maximum absolute atomic E-state index is 12.3. The summed E-state index contributed by atoms with van der Waals surface area (Å²) in [5.74, 6) is -0.0354. The maximum atomic E-state index is 12.3. The number of hydrogen-bond donors (Lipinski definition) is 1. The van der Waals surface area contributed by atoms with Crippen LogP contribution in [0.4, 0.5) is 13.2 Å². The predicted octanol–water partition coefficient (Wildman–Crippen LogP) is 3.25. The van der Waals surface area contributed by atoms with E-state index in [9.17, 15) is 13.2 Å². The number of alkyl halides is 3. The number of methoxy groups -OCH3 is 1. The molecule has 0 spiro atoms. The van der Waals surface area contributed by atoms with Gasteiger partial charge in [-0.1, -0.05) is 11.6 Å². The van der Waals surface area contributed by atoms with Crippen molar-refractivity contribution >= 4 is 11.6 Å². The summed E-state index contributed by atoms with van der Waals surface area (Å²) in [6.07, 6.45) is -7.34. The predicted molar refractivity (Wildman–Crippen MR) is 53.8 cm³/mol. The van der Waals surface area contributed by atoms with E-state index in [4.69, 9.17) is 21.4 Å². The molecule has 1 N–H and O–H groups in total. The zero-order chi connectivity index (χ0) is 12.5. The molecular formula is C10H10ClF3O2. The molecule has 0 saturated carbocycles. The topological polar surface area (TPSA) is 29.5 Å². The van der Waals surface area contributed by atoms with Gasteiger partial charge in [0, 0.05) is 10.6 Å². The number of aryl methyl sites for hydroxylation is 1. The van der Waals surface area contributed by atoms with Crippen molar-refractivity contribution in [2.45, 2.75) is 19.2 Å². The molecule has 0 aliphatic rings. The molecule has 2 nitrogen and oxygen atoms in total. The lowest BCUT2D eigenvalue weighted by Gasteiger charge is -2.18. The van der Waals surface area contributed by atoms with Crippen molar-refractivity contribution in [3.05, 3.63) is 28.3 Å². The molecule has 0 aliphatic heterocycles. The molecule has 1 aromatic carbocycles. The van der Waals surface area contributed by atoms with Crippen molar-refractivity contribution in [3.8, 4) is 5.75 Å². The largest absolute Gasteiger partial charge is 0.496 e. The number of hydrogen-bond acceptors (Lipinski definition) is 2. The van der Waals surface area contributed by atoms with E-state index in [1.54, 1.807) is 6.92 Å². The third-order valence-electron chi connectivity index (χ3n) is 2.12. The Kier molecular flexibility index (Phi) is 3.70. The highest BCUT2D eigenvalue weighted by Gasteiger charge is 2.41. The van der Waals surface area contributed by atoms with Crippen molar-refractivity contribution < 1.29 is 23.0 Å². The number of aliphatic hydroxyl groups excluding tert-OH is 1. The van der Waals surface area contributed by atoms with Crippen LogP contribution in [-0.4, -0.2) is 18.4 Å². The standard InChI is InChI=1S/C10H10ClF3O2/c1-5-3-8(16-2)6(4-7(5)11)9(15)10(12,13)14/h3-4,9,15H,1-2H3. The quantitative estimate of drug-likeness (QED) is 0.878. The lowest BCUT2D eigenvalue weighted by atomic mass is 10.1. The van der Waals surface area contributed by atoms with Crippen molar-refractivity contribution in [3.63, 3.8) is 0 Å². The third kappa shape index (κ3) is 2.59. The third-order valence-corrected chi connectivity index (χ3v) is 2.52. The lowest BCUT2D eigenvalue weighted by Crippen LogP contribution is -2.20. The number of benzene rings is 1. The van der Waals surface area contributed by atoms with Gasteiger partial charge in [0.05, 0.1) is 7.11 Å². The van der Waals surface area contributed by atoms with Crippen LogP contribution in [0.5, 0.6) is 5.75 Å². The van der Waals surface area contributed by atoms with Gasteiger partial charge < -0.3 is 9.84 Å². The van der Waals surface area contributed by atoms with Crippen LogP contribution in [0.15, 0.2) is 12.1 Å². The van der Waals surface area contributed by atoms with Gasteiger partial charge in [-0.3, -0.25) is 0 Å². The van der Waals surface area contributed by atoms with Crippen LogP contribution < -0.4 is 4.74 Å². The summed E-state index contributed by atoms with van der Waals surface area (Å²) < 4.78 is 41.8. The summed E-state index contributed by atoms with van der Waals surface area (Å²) in [5, 5.41) is 9.27. The second kappa shape index (κ2) is 4.51. The Bertz CT molecular complexity index is 390. The van der Waals surface area contributed by atoms with E-state index >= 15 is 0 Å². The molecular weight excluding hydrogens is 245 g/mol. The Morgan fingerprint density at radius 2 is 1.94 bits per heavy atom. The van der Waals surface area contributed by atoms with E-state index in [-0.39, 0.29) is 16.3 Å². The molecule has 0 aliphatic carbocycles. The van der Waals surface area contributed by atoms with Crippen LogP contribution in [0.25, 0.3) is 0 Å².